The zero-order chi connectivity index (χ0) is 17.5. The number of hydrogen-bond acceptors (Lipinski definition) is 6. The maximum absolute atomic E-state index is 8.88. The van der Waals surface area contributed by atoms with Crippen LogP contribution >= 0.6 is 0 Å². The smallest absolute Gasteiger partial charge is 0.224 e. The summed E-state index contributed by atoms with van der Waals surface area (Å²) in [5.41, 5.74) is 11.0. The van der Waals surface area contributed by atoms with E-state index in [9.17, 15) is 0 Å². The fraction of sp³-hybridized carbons (Fsp3) is 0.647. The summed E-state index contributed by atoms with van der Waals surface area (Å²) in [6, 6.07) is 7.47. The molecule has 1 spiro atoms. The topological polar surface area (TPSA) is 94.9 Å². The van der Waals surface area contributed by atoms with E-state index in [1.54, 1.807) is 0 Å². The second kappa shape index (κ2) is 6.25. The van der Waals surface area contributed by atoms with Crippen molar-refractivity contribution in [3.8, 4) is 0 Å². The molecule has 0 aliphatic carbocycles. The van der Waals surface area contributed by atoms with Gasteiger partial charge in [0.15, 0.2) is 5.79 Å². The fourth-order valence-electron chi connectivity index (χ4n) is 3.61. The minimum atomic E-state index is -1.07. The van der Waals surface area contributed by atoms with Crippen molar-refractivity contribution in [1.82, 2.24) is 0 Å². The van der Waals surface area contributed by atoms with Crippen LogP contribution in [0.1, 0.15) is 25.0 Å². The molecule has 3 aliphatic heterocycles. The Hall–Kier alpha value is -1.67. The van der Waals surface area contributed by atoms with Crippen LogP contribution in [0.3, 0.4) is 0 Å². The van der Waals surface area contributed by atoms with Crippen molar-refractivity contribution in [2.45, 2.75) is 56.9 Å². The first kappa shape index (κ1) is 16.8. The van der Waals surface area contributed by atoms with Crippen LogP contribution in [0.5, 0.6) is 0 Å². The van der Waals surface area contributed by atoms with Crippen LogP contribution in [-0.4, -0.2) is 43.0 Å². The molecule has 25 heavy (non-hydrogen) atoms. The number of rotatable bonds is 1. The molecule has 0 aromatic heterocycles. The Morgan fingerprint density at radius 2 is 1.84 bits per heavy atom. The van der Waals surface area contributed by atoms with Crippen molar-refractivity contribution in [3.63, 3.8) is 0 Å². The highest BCUT2D eigenvalue weighted by Crippen LogP contribution is 2.42. The predicted octanol–water partition coefficient (Wildman–Crippen LogP) is 2.66. The van der Waals surface area contributed by atoms with Gasteiger partial charge in [-0.05, 0) is 30.5 Å². The third-order valence-electron chi connectivity index (χ3n) is 4.82. The molecular formula is C17H21N3O5. The molecule has 0 N–H and O–H groups in total. The van der Waals surface area contributed by atoms with Gasteiger partial charge in [0.2, 0.25) is 5.79 Å². The molecule has 4 atom stereocenters. The Labute approximate surface area is 145 Å². The minimum absolute atomic E-state index is 0.190. The van der Waals surface area contributed by atoms with E-state index in [1.165, 1.54) is 0 Å². The van der Waals surface area contributed by atoms with Crippen LogP contribution in [-0.2, 0) is 36.9 Å². The zero-order valence-electron chi connectivity index (χ0n) is 14.3. The Morgan fingerprint density at radius 3 is 2.48 bits per heavy atom. The van der Waals surface area contributed by atoms with Gasteiger partial charge >= 0.3 is 0 Å². The van der Waals surface area contributed by atoms with E-state index in [2.05, 4.69) is 10.0 Å². The predicted molar refractivity (Wildman–Crippen MR) is 86.3 cm³/mol. The lowest BCUT2D eigenvalue weighted by atomic mass is 9.94. The first-order chi connectivity index (χ1) is 12.0. The summed E-state index contributed by atoms with van der Waals surface area (Å²) in [4.78, 5) is 2.93. The van der Waals surface area contributed by atoms with E-state index < -0.39 is 29.8 Å². The SMILES string of the molecule is CC1(C)OC[C@]2(OC[C@@H](N=[N+]=[N-])[C@H]3OCc4ccccc4CO[C@@H]32)O1. The van der Waals surface area contributed by atoms with E-state index in [1.807, 2.05) is 38.1 Å². The van der Waals surface area contributed by atoms with Crippen molar-refractivity contribution < 1.29 is 23.7 Å². The molecule has 0 bridgehead atoms. The maximum atomic E-state index is 8.88. The summed E-state index contributed by atoms with van der Waals surface area (Å²) < 4.78 is 30.1. The summed E-state index contributed by atoms with van der Waals surface area (Å²) in [5, 5.41) is 3.84. The van der Waals surface area contributed by atoms with Crippen molar-refractivity contribution >= 4 is 0 Å². The van der Waals surface area contributed by atoms with Crippen LogP contribution in [0.15, 0.2) is 29.4 Å². The van der Waals surface area contributed by atoms with E-state index >= 15 is 0 Å². The van der Waals surface area contributed by atoms with Gasteiger partial charge in [-0.15, -0.1) is 0 Å². The van der Waals surface area contributed by atoms with Crippen molar-refractivity contribution in [3.05, 3.63) is 45.8 Å². The van der Waals surface area contributed by atoms with E-state index in [-0.39, 0.29) is 13.2 Å². The van der Waals surface area contributed by atoms with Gasteiger partial charge in [-0.3, -0.25) is 0 Å². The Balaban J connectivity index is 1.68. The van der Waals surface area contributed by atoms with Gasteiger partial charge < -0.3 is 23.7 Å². The Morgan fingerprint density at radius 1 is 1.12 bits per heavy atom. The largest absolute Gasteiger partial charge is 0.370 e. The highest BCUT2D eigenvalue weighted by molar-refractivity contribution is 5.26. The average molecular weight is 347 g/mol. The second-order valence-electron chi connectivity index (χ2n) is 6.96. The van der Waals surface area contributed by atoms with Gasteiger partial charge in [0.25, 0.3) is 0 Å². The van der Waals surface area contributed by atoms with E-state index in [0.29, 0.717) is 13.2 Å². The fourth-order valence-corrected chi connectivity index (χ4v) is 3.61. The molecule has 8 heteroatoms. The molecule has 2 fully saturated rings. The van der Waals surface area contributed by atoms with Gasteiger partial charge in [0, 0.05) is 4.91 Å². The summed E-state index contributed by atoms with van der Waals surface area (Å²) in [7, 11) is 0. The van der Waals surface area contributed by atoms with Gasteiger partial charge in [0.1, 0.15) is 18.8 Å². The number of azide groups is 1. The van der Waals surface area contributed by atoms with Crippen LogP contribution < -0.4 is 0 Å². The standard InChI is InChI=1S/C17H21N3O5/c1-16(2)24-10-17(25-16)15-14(13(9-23-17)19-20-18)21-7-11-5-3-4-6-12(11)8-22-15/h3-6,13-15H,7-10H2,1-2H3/t13-,14-,15+,17+/m1/s1. The third-order valence-corrected chi connectivity index (χ3v) is 4.82. The number of nitrogens with zero attached hydrogens (tertiary/aromatic N) is 3. The average Bonchev–Trinajstić information content (AvgIpc) is 2.88. The molecule has 3 heterocycles. The summed E-state index contributed by atoms with van der Waals surface area (Å²) >= 11 is 0. The molecule has 8 nitrogen and oxygen atoms in total. The monoisotopic (exact) mass is 347 g/mol. The molecule has 2 saturated heterocycles. The number of ether oxygens (including phenoxy) is 5. The Bertz CT molecular complexity index is 705. The minimum Gasteiger partial charge on any atom is -0.370 e. The zero-order valence-corrected chi connectivity index (χ0v) is 14.3. The second-order valence-corrected chi connectivity index (χ2v) is 6.96. The van der Waals surface area contributed by atoms with Crippen molar-refractivity contribution in [2.24, 2.45) is 5.11 Å². The number of benzene rings is 1. The van der Waals surface area contributed by atoms with Crippen molar-refractivity contribution in [2.75, 3.05) is 13.2 Å². The van der Waals surface area contributed by atoms with Gasteiger partial charge in [0.05, 0.1) is 25.9 Å². The number of hydrogen-bond donors (Lipinski definition) is 0. The molecule has 134 valence electrons. The highest BCUT2D eigenvalue weighted by atomic mass is 16.8. The first-order valence-electron chi connectivity index (χ1n) is 8.35. The van der Waals surface area contributed by atoms with Crippen LogP contribution in [0.4, 0.5) is 0 Å². The Kier molecular flexibility index (Phi) is 4.19. The maximum Gasteiger partial charge on any atom is 0.224 e. The van der Waals surface area contributed by atoms with Crippen LogP contribution in [0, 0.1) is 0 Å². The molecule has 0 unspecified atom stereocenters. The normalized spacial score (nSPS) is 36.6. The van der Waals surface area contributed by atoms with Crippen LogP contribution in [0.2, 0.25) is 0 Å². The molecule has 0 saturated carbocycles. The third kappa shape index (κ3) is 3.01. The summed E-state index contributed by atoms with van der Waals surface area (Å²) in [6.45, 7) is 4.90. The molecule has 1 aromatic carbocycles. The quantitative estimate of drug-likeness (QED) is 0.442. The van der Waals surface area contributed by atoms with E-state index in [4.69, 9.17) is 29.2 Å². The number of fused-ring (bicyclic) bond motifs is 3. The van der Waals surface area contributed by atoms with Gasteiger partial charge in [-0.25, -0.2) is 0 Å². The molecular weight excluding hydrogens is 326 g/mol. The highest BCUT2D eigenvalue weighted by Gasteiger charge is 2.59. The summed E-state index contributed by atoms with van der Waals surface area (Å²) in [5.74, 6) is -1.85. The molecule has 0 amide bonds. The lowest BCUT2D eigenvalue weighted by Crippen LogP contribution is -2.64. The van der Waals surface area contributed by atoms with Crippen LogP contribution in [0.25, 0.3) is 10.4 Å². The lowest BCUT2D eigenvalue weighted by molar-refractivity contribution is -0.340. The molecule has 4 rings (SSSR count). The lowest BCUT2D eigenvalue weighted by Gasteiger charge is -2.46. The van der Waals surface area contributed by atoms with E-state index in [0.717, 1.165) is 11.1 Å². The van der Waals surface area contributed by atoms with Gasteiger partial charge in [-0.2, -0.15) is 0 Å². The first-order valence-corrected chi connectivity index (χ1v) is 8.35. The van der Waals surface area contributed by atoms with Crippen molar-refractivity contribution in [1.29, 1.82) is 0 Å². The molecule has 0 radical (unpaired) electrons. The van der Waals surface area contributed by atoms with Gasteiger partial charge in [-0.1, -0.05) is 29.4 Å². The molecule has 3 aliphatic rings. The molecule has 1 aromatic rings. The summed E-state index contributed by atoms with van der Waals surface area (Å²) in [6.07, 6.45) is -1.04.